The molecule has 72 valence electrons. The number of nitrogens with zero attached hydrogens (tertiary/aromatic N) is 1. The minimum atomic E-state index is 0.669. The lowest BCUT2D eigenvalue weighted by Crippen LogP contribution is -2.12. The van der Waals surface area contributed by atoms with Gasteiger partial charge in [-0.3, -0.25) is 0 Å². The summed E-state index contributed by atoms with van der Waals surface area (Å²) in [5.74, 6) is 1.79. The van der Waals surface area contributed by atoms with Gasteiger partial charge in [0.2, 0.25) is 0 Å². The first-order chi connectivity index (χ1) is 6.33. The first kappa shape index (κ1) is 8.75. The Balaban J connectivity index is 2.08. The minimum Gasteiger partial charge on any atom is -0.361 e. The second kappa shape index (κ2) is 3.50. The van der Waals surface area contributed by atoms with E-state index >= 15 is 0 Å². The van der Waals surface area contributed by atoms with Crippen LogP contribution < -0.4 is 5.32 Å². The second-order valence-corrected chi connectivity index (χ2v) is 3.67. The van der Waals surface area contributed by atoms with Crippen molar-refractivity contribution in [1.29, 1.82) is 0 Å². The fourth-order valence-electron chi connectivity index (χ4n) is 1.52. The fourth-order valence-corrected chi connectivity index (χ4v) is 1.52. The summed E-state index contributed by atoms with van der Waals surface area (Å²) in [5.41, 5.74) is 2.33. The number of hydrogen-bond donors (Lipinski definition) is 1. The van der Waals surface area contributed by atoms with Crippen molar-refractivity contribution in [3.8, 4) is 0 Å². The molecule has 0 unspecified atom stereocenters. The lowest BCUT2D eigenvalue weighted by atomic mass is 10.1. The van der Waals surface area contributed by atoms with Crippen LogP contribution in [0.15, 0.2) is 4.52 Å². The van der Waals surface area contributed by atoms with Crippen LogP contribution >= 0.6 is 0 Å². The Morgan fingerprint density at radius 3 is 2.92 bits per heavy atom. The van der Waals surface area contributed by atoms with Crippen molar-refractivity contribution >= 4 is 0 Å². The van der Waals surface area contributed by atoms with Crippen LogP contribution in [0.1, 0.15) is 42.7 Å². The van der Waals surface area contributed by atoms with E-state index in [2.05, 4.69) is 24.3 Å². The largest absolute Gasteiger partial charge is 0.361 e. The summed E-state index contributed by atoms with van der Waals surface area (Å²) in [6.07, 6.45) is 2.55. The van der Waals surface area contributed by atoms with Gasteiger partial charge in [-0.05, 0) is 26.3 Å². The molecule has 1 aromatic rings. The molecule has 13 heavy (non-hydrogen) atoms. The maximum absolute atomic E-state index is 5.33. The van der Waals surface area contributed by atoms with E-state index in [-0.39, 0.29) is 0 Å². The van der Waals surface area contributed by atoms with E-state index < -0.39 is 0 Å². The van der Waals surface area contributed by atoms with Gasteiger partial charge in [0.05, 0.1) is 0 Å². The molecular weight excluding hydrogens is 164 g/mol. The Morgan fingerprint density at radius 2 is 2.31 bits per heavy atom. The van der Waals surface area contributed by atoms with Gasteiger partial charge in [0, 0.05) is 18.0 Å². The standard InChI is InChI=1S/C10H16N2O/c1-3-11-6-9-7(2)10(13-12-9)8-4-5-8/h8,11H,3-6H2,1-2H3. The van der Waals surface area contributed by atoms with Gasteiger partial charge < -0.3 is 9.84 Å². The Hall–Kier alpha value is -0.830. The normalized spacial score (nSPS) is 16.5. The van der Waals surface area contributed by atoms with Crippen LogP contribution in [-0.2, 0) is 6.54 Å². The van der Waals surface area contributed by atoms with Gasteiger partial charge in [-0.15, -0.1) is 0 Å². The van der Waals surface area contributed by atoms with E-state index in [1.807, 2.05) is 0 Å². The quantitative estimate of drug-likeness (QED) is 0.769. The monoisotopic (exact) mass is 180 g/mol. The highest BCUT2D eigenvalue weighted by atomic mass is 16.5. The van der Waals surface area contributed by atoms with E-state index in [9.17, 15) is 0 Å². The molecule has 0 spiro atoms. The average Bonchev–Trinajstić information content (AvgIpc) is 2.89. The predicted molar refractivity (Wildman–Crippen MR) is 50.6 cm³/mol. The van der Waals surface area contributed by atoms with Crippen molar-refractivity contribution in [3.63, 3.8) is 0 Å². The zero-order chi connectivity index (χ0) is 9.26. The van der Waals surface area contributed by atoms with Crippen LogP contribution in [-0.4, -0.2) is 11.7 Å². The van der Waals surface area contributed by atoms with Crippen molar-refractivity contribution in [3.05, 3.63) is 17.0 Å². The van der Waals surface area contributed by atoms with E-state index in [0.717, 1.165) is 24.5 Å². The van der Waals surface area contributed by atoms with Crippen molar-refractivity contribution in [2.75, 3.05) is 6.54 Å². The molecule has 1 aromatic heterocycles. The minimum absolute atomic E-state index is 0.669. The Labute approximate surface area is 78.5 Å². The number of hydrogen-bond acceptors (Lipinski definition) is 3. The molecule has 0 saturated heterocycles. The van der Waals surface area contributed by atoms with Crippen LogP contribution in [0.2, 0.25) is 0 Å². The molecular formula is C10H16N2O. The van der Waals surface area contributed by atoms with Crippen molar-refractivity contribution in [2.24, 2.45) is 0 Å². The number of nitrogens with one attached hydrogen (secondary N) is 1. The molecule has 0 atom stereocenters. The highest BCUT2D eigenvalue weighted by molar-refractivity contribution is 5.26. The first-order valence-electron chi connectivity index (χ1n) is 4.98. The Kier molecular flexibility index (Phi) is 2.36. The molecule has 3 nitrogen and oxygen atoms in total. The lowest BCUT2D eigenvalue weighted by Gasteiger charge is -1.97. The lowest BCUT2D eigenvalue weighted by molar-refractivity contribution is 0.376. The zero-order valence-electron chi connectivity index (χ0n) is 8.26. The number of aromatic nitrogens is 1. The average molecular weight is 180 g/mol. The highest BCUT2D eigenvalue weighted by Gasteiger charge is 2.30. The molecule has 2 rings (SSSR count). The van der Waals surface area contributed by atoms with Gasteiger partial charge in [-0.25, -0.2) is 0 Å². The third-order valence-electron chi connectivity index (χ3n) is 2.55. The molecule has 0 aromatic carbocycles. The highest BCUT2D eigenvalue weighted by Crippen LogP contribution is 2.42. The van der Waals surface area contributed by atoms with Crippen LogP contribution in [0.4, 0.5) is 0 Å². The summed E-state index contributed by atoms with van der Waals surface area (Å²) in [6, 6.07) is 0. The molecule has 1 aliphatic rings. The third-order valence-corrected chi connectivity index (χ3v) is 2.55. The van der Waals surface area contributed by atoms with Gasteiger partial charge >= 0.3 is 0 Å². The van der Waals surface area contributed by atoms with Crippen LogP contribution in [0.25, 0.3) is 0 Å². The summed E-state index contributed by atoms with van der Waals surface area (Å²) in [5, 5.41) is 7.33. The second-order valence-electron chi connectivity index (χ2n) is 3.67. The summed E-state index contributed by atoms with van der Waals surface area (Å²) < 4.78 is 5.33. The van der Waals surface area contributed by atoms with Crippen LogP contribution in [0.3, 0.4) is 0 Å². The van der Waals surface area contributed by atoms with Crippen LogP contribution in [0, 0.1) is 6.92 Å². The summed E-state index contributed by atoms with van der Waals surface area (Å²) in [6.45, 7) is 6.01. The summed E-state index contributed by atoms with van der Waals surface area (Å²) >= 11 is 0. The molecule has 1 aliphatic carbocycles. The van der Waals surface area contributed by atoms with Gasteiger partial charge in [-0.2, -0.15) is 0 Å². The number of rotatable bonds is 4. The SMILES string of the molecule is CCNCc1noc(C2CC2)c1C. The van der Waals surface area contributed by atoms with Gasteiger partial charge in [-0.1, -0.05) is 12.1 Å². The van der Waals surface area contributed by atoms with E-state index in [4.69, 9.17) is 4.52 Å². The van der Waals surface area contributed by atoms with Crippen LogP contribution in [0.5, 0.6) is 0 Å². The van der Waals surface area contributed by atoms with Crippen molar-refractivity contribution in [2.45, 2.75) is 39.2 Å². The molecule has 0 aliphatic heterocycles. The van der Waals surface area contributed by atoms with E-state index in [1.165, 1.54) is 18.4 Å². The summed E-state index contributed by atoms with van der Waals surface area (Å²) in [7, 11) is 0. The molecule has 0 radical (unpaired) electrons. The third kappa shape index (κ3) is 1.75. The topological polar surface area (TPSA) is 38.1 Å². The smallest absolute Gasteiger partial charge is 0.143 e. The fraction of sp³-hybridized carbons (Fsp3) is 0.700. The molecule has 1 saturated carbocycles. The molecule has 3 heteroatoms. The maximum Gasteiger partial charge on any atom is 0.143 e. The maximum atomic E-state index is 5.33. The summed E-state index contributed by atoms with van der Waals surface area (Å²) in [4.78, 5) is 0. The van der Waals surface area contributed by atoms with Gasteiger partial charge in [0.15, 0.2) is 0 Å². The zero-order valence-corrected chi connectivity index (χ0v) is 8.26. The van der Waals surface area contributed by atoms with Gasteiger partial charge in [0.25, 0.3) is 0 Å². The molecule has 0 bridgehead atoms. The Bertz CT molecular complexity index is 289. The van der Waals surface area contributed by atoms with E-state index in [0.29, 0.717) is 5.92 Å². The Morgan fingerprint density at radius 1 is 1.54 bits per heavy atom. The molecule has 1 fully saturated rings. The van der Waals surface area contributed by atoms with Gasteiger partial charge in [0.1, 0.15) is 11.5 Å². The molecule has 1 N–H and O–H groups in total. The predicted octanol–water partition coefficient (Wildman–Crippen LogP) is 1.97. The first-order valence-corrected chi connectivity index (χ1v) is 4.98. The molecule has 0 amide bonds. The molecule has 1 heterocycles. The van der Waals surface area contributed by atoms with Crippen molar-refractivity contribution < 1.29 is 4.52 Å². The van der Waals surface area contributed by atoms with Crippen molar-refractivity contribution in [1.82, 2.24) is 10.5 Å². The van der Waals surface area contributed by atoms with E-state index in [1.54, 1.807) is 0 Å².